The molecule has 1 saturated carbocycles. The first-order chi connectivity index (χ1) is 36.2. The van der Waals surface area contributed by atoms with Gasteiger partial charge in [-0.25, -0.2) is 4.79 Å². The zero-order valence-electron chi connectivity index (χ0n) is 44.4. The number of carbonyl (C=O) groups excluding carboxylic acids is 3. The van der Waals surface area contributed by atoms with E-state index in [0.29, 0.717) is 94.5 Å². The maximum atomic E-state index is 15.7. The predicted molar refractivity (Wildman–Crippen MR) is 287 cm³/mol. The highest BCUT2D eigenvalue weighted by atomic mass is 32.2. The molecule has 18 nitrogen and oxygen atoms in total. The zero-order chi connectivity index (χ0) is 54.3. The summed E-state index contributed by atoms with van der Waals surface area (Å²) >= 11 is 0. The number of nitrogens with one attached hydrogen (secondary N) is 3. The molecule has 3 fully saturated rings. The Morgan fingerprint density at radius 2 is 1.64 bits per heavy atom. The molecule has 6 aliphatic rings. The first kappa shape index (κ1) is 53.6. The lowest BCUT2D eigenvalue weighted by atomic mass is 9.47. The molecule has 7 N–H and O–H groups in total. The van der Waals surface area contributed by atoms with Crippen LogP contribution in [0.1, 0.15) is 80.8 Å². The lowest BCUT2D eigenvalue weighted by molar-refractivity contribution is -0.204. The topological polar surface area (TPSA) is 247 Å². The summed E-state index contributed by atoms with van der Waals surface area (Å²) in [6.45, 7) is 8.93. The highest BCUT2D eigenvalue weighted by Gasteiger charge is 2.79. The van der Waals surface area contributed by atoms with Crippen LogP contribution in [0.25, 0.3) is 21.8 Å². The van der Waals surface area contributed by atoms with E-state index in [4.69, 9.17) is 18.8 Å². The van der Waals surface area contributed by atoms with Crippen molar-refractivity contribution >= 4 is 55.5 Å². The number of likely N-dealkylation sites (N-methyl/N-ethyl adjacent to an activating group) is 1. The number of carbonyl (C=O) groups is 3. The van der Waals surface area contributed by atoms with Crippen LogP contribution in [0.3, 0.4) is 0 Å². The third kappa shape index (κ3) is 8.25. The Balaban J connectivity index is 0.00000126. The van der Waals surface area contributed by atoms with Gasteiger partial charge in [0.1, 0.15) is 23.3 Å². The minimum Gasteiger partial charge on any atom is -0.496 e. The lowest BCUT2D eigenvalue weighted by Crippen LogP contribution is -2.82. The number of fused-ring (bicyclic) bond motifs is 7. The molecule has 11 atom stereocenters. The van der Waals surface area contributed by atoms with E-state index in [1.807, 2.05) is 92.7 Å². The molecule has 5 aromatic rings. The smallest absolute Gasteiger partial charge is 0.328 e. The van der Waals surface area contributed by atoms with E-state index < -0.39 is 73.6 Å². The number of anilines is 1. The van der Waals surface area contributed by atoms with Gasteiger partial charge in [0, 0.05) is 108 Å². The van der Waals surface area contributed by atoms with Crippen molar-refractivity contribution in [3.63, 3.8) is 0 Å². The quantitative estimate of drug-likeness (QED) is 0.0546. The first-order valence-electron chi connectivity index (χ1n) is 26.5. The Labute approximate surface area is 443 Å². The van der Waals surface area contributed by atoms with Crippen LogP contribution in [-0.4, -0.2) is 168 Å². The van der Waals surface area contributed by atoms with E-state index in [0.717, 1.165) is 44.2 Å². The molecule has 3 aromatic carbocycles. The second-order valence-corrected chi connectivity index (χ2v) is 23.7. The molecule has 1 amide bonds. The number of amides is 1. The van der Waals surface area contributed by atoms with Crippen LogP contribution in [-0.2, 0) is 57.6 Å². The number of hydrogen-bond acceptors (Lipinski definition) is 14. The van der Waals surface area contributed by atoms with Crippen LogP contribution >= 0.6 is 0 Å². The van der Waals surface area contributed by atoms with Crippen LogP contribution in [0.4, 0.5) is 5.69 Å². The summed E-state index contributed by atoms with van der Waals surface area (Å²) in [4.78, 5) is 58.9. The molecular weight excluding hydrogens is 993 g/mol. The summed E-state index contributed by atoms with van der Waals surface area (Å²) < 4.78 is 43.9. The van der Waals surface area contributed by atoms with E-state index in [-0.39, 0.29) is 25.0 Å². The van der Waals surface area contributed by atoms with Crippen LogP contribution in [0.5, 0.6) is 5.75 Å². The van der Waals surface area contributed by atoms with Crippen LogP contribution < -0.4 is 15.0 Å². The Morgan fingerprint density at radius 3 is 2.33 bits per heavy atom. The van der Waals surface area contributed by atoms with Crippen molar-refractivity contribution in [2.45, 2.75) is 112 Å². The number of hydrogen-bond donors (Lipinski definition) is 7. The molecule has 19 heteroatoms. The van der Waals surface area contributed by atoms with Gasteiger partial charge >= 0.3 is 11.9 Å². The van der Waals surface area contributed by atoms with Crippen LogP contribution in [0, 0.1) is 11.3 Å². The monoisotopic (exact) mass is 1060 g/mol. The Hall–Kier alpha value is -5.80. The summed E-state index contributed by atoms with van der Waals surface area (Å²) in [7, 11) is 1.21. The predicted octanol–water partition coefficient (Wildman–Crippen LogP) is 4.52. The molecule has 7 heterocycles. The van der Waals surface area contributed by atoms with Gasteiger partial charge in [0.05, 0.1) is 38.7 Å². The van der Waals surface area contributed by atoms with Gasteiger partial charge in [-0.1, -0.05) is 62.4 Å². The molecule has 2 bridgehead atoms. The van der Waals surface area contributed by atoms with Crippen molar-refractivity contribution in [2.75, 3.05) is 71.8 Å². The van der Waals surface area contributed by atoms with E-state index in [2.05, 4.69) is 37.2 Å². The van der Waals surface area contributed by atoms with E-state index in [9.17, 15) is 28.5 Å². The van der Waals surface area contributed by atoms with Gasteiger partial charge in [-0.15, -0.1) is 0 Å². The number of benzene rings is 3. The summed E-state index contributed by atoms with van der Waals surface area (Å²) in [6, 6.07) is 17.2. The molecule has 0 radical (unpaired) electrons. The van der Waals surface area contributed by atoms with Crippen molar-refractivity contribution in [3.05, 3.63) is 107 Å². The van der Waals surface area contributed by atoms with Crippen molar-refractivity contribution in [2.24, 2.45) is 11.3 Å². The number of H-pyrrole nitrogens is 2. The number of aromatic amines is 2. The number of aliphatic hydroxyl groups is 3. The molecule has 1 unspecified atom stereocenters. The minimum atomic E-state index is -3.67. The van der Waals surface area contributed by atoms with Gasteiger partial charge in [0.15, 0.2) is 5.60 Å². The van der Waals surface area contributed by atoms with Crippen molar-refractivity contribution in [1.82, 2.24) is 25.1 Å². The number of piperidine rings is 1. The molecule has 5 aliphatic heterocycles. The highest BCUT2D eigenvalue weighted by Crippen LogP contribution is 2.67. The average Bonchev–Trinajstić information content (AvgIpc) is 3.76. The fourth-order valence-corrected chi connectivity index (χ4v) is 15.3. The van der Waals surface area contributed by atoms with Crippen LogP contribution in [0.15, 0.2) is 79.0 Å². The summed E-state index contributed by atoms with van der Waals surface area (Å²) in [5, 5.41) is 44.0. The minimum absolute atomic E-state index is 0.0716. The number of para-hydroxylation sites is 2. The number of methoxy groups -OCH3 is 2. The Bertz CT molecular complexity index is 3220. The molecule has 408 valence electrons. The number of nitrogens with zero attached hydrogens (tertiary/aromatic N) is 3. The molecule has 76 heavy (non-hydrogen) atoms. The van der Waals surface area contributed by atoms with Gasteiger partial charge in [0.25, 0.3) is 16.0 Å². The summed E-state index contributed by atoms with van der Waals surface area (Å²) in [5.74, 6) is -1.70. The van der Waals surface area contributed by atoms with E-state index >= 15 is 9.59 Å². The lowest BCUT2D eigenvalue weighted by Gasteiger charge is -2.63. The number of rotatable bonds is 11. The fourth-order valence-electron chi connectivity index (χ4n) is 15.3. The van der Waals surface area contributed by atoms with Gasteiger partial charge in [0.2, 0.25) is 0 Å². The SMILES string of the molecule is CCOC(=O)[C@H](Cc1c[nH]c2ccccc12)NC(=O)[C@@]1(O)[C@H](O)[C@]2(CC)C=CCN3CC[C@@]4(c5cc([C@@]6(C(=O)OC)C[C@@H]7CN(CCc8c6[nH]c6ccccc86)C[C@](O)(CC)C7)c(OC)cc5N(C)[C@@H]14)[C@@H]32.CS(=O)(=O)O. The molecule has 1 aliphatic carbocycles. The van der Waals surface area contributed by atoms with E-state index in [1.165, 1.54) is 7.11 Å². The van der Waals surface area contributed by atoms with Crippen molar-refractivity contribution in [1.29, 1.82) is 0 Å². The molecule has 2 aromatic heterocycles. The third-order valence-corrected chi connectivity index (χ3v) is 18.2. The van der Waals surface area contributed by atoms with E-state index in [1.54, 1.807) is 14.0 Å². The first-order valence-corrected chi connectivity index (χ1v) is 28.4. The maximum absolute atomic E-state index is 15.7. The number of ether oxygens (including phenoxy) is 3. The fraction of sp³-hybridized carbons (Fsp3) is 0.526. The molecule has 11 rings (SSSR count). The second kappa shape index (κ2) is 19.6. The summed E-state index contributed by atoms with van der Waals surface area (Å²) in [6.07, 6.45) is 7.89. The second-order valence-electron chi connectivity index (χ2n) is 22.2. The third-order valence-electron chi connectivity index (χ3n) is 18.2. The largest absolute Gasteiger partial charge is 0.496 e. The maximum Gasteiger partial charge on any atom is 0.328 e. The van der Waals surface area contributed by atoms with Gasteiger partial charge in [-0.2, -0.15) is 8.42 Å². The van der Waals surface area contributed by atoms with Crippen molar-refractivity contribution < 1.29 is 56.9 Å². The van der Waals surface area contributed by atoms with Crippen molar-refractivity contribution in [3.8, 4) is 5.75 Å². The Kier molecular flexibility index (Phi) is 13.8. The number of aliphatic hydroxyl groups excluding tert-OH is 1. The Morgan fingerprint density at radius 1 is 0.934 bits per heavy atom. The average molecular weight is 1070 g/mol. The van der Waals surface area contributed by atoms with Gasteiger partial charge in [-0.05, 0) is 92.8 Å². The normalized spacial score (nSPS) is 31.8. The number of esters is 2. The molecule has 1 spiro atoms. The van der Waals surface area contributed by atoms with Gasteiger partial charge in [-0.3, -0.25) is 23.9 Å². The highest BCUT2D eigenvalue weighted by molar-refractivity contribution is 7.85. The van der Waals surface area contributed by atoms with Crippen LogP contribution in [0.2, 0.25) is 0 Å². The zero-order valence-corrected chi connectivity index (χ0v) is 45.2. The standard InChI is InChI=1S/C56H68N6O9.CH4O3S/c1-7-52(67)28-33-29-55(51(66)70-6,45-37(19-23-61(31-33)32-52)36-16-11-13-18-41(36)58-45)39-26-38-43(27-44(39)69-5)60(4)48-54(38)21-24-62-22-14-20-53(8-2,47(54)62)49(64)56(48,68)50(65)59-42(46(63)71-9-3)25-34-30-57-40-17-12-10-15-35(34)40;1-5(2,3)4/h10-18,20,26-27,30,33,42,47-49,57-58,64,67-68H,7-9,19,21-25,28-29,31-32H2,1-6H3,(H,59,65);1H3,(H,2,3,4)/t33-,42+,47+,48-,49-,52+,53-,54-,55+,56+;/m1./s1. The molecular formula is C57H72N6O12S. The van der Waals surface area contributed by atoms with Gasteiger partial charge < -0.3 is 49.7 Å². The summed E-state index contributed by atoms with van der Waals surface area (Å²) in [5.41, 5.74) is -0.692. The molecule has 2 saturated heterocycles. The number of aromatic nitrogens is 2.